The van der Waals surface area contributed by atoms with Crippen LogP contribution in [0.25, 0.3) is 0 Å². The first-order valence-corrected chi connectivity index (χ1v) is 12.0. The van der Waals surface area contributed by atoms with Crippen molar-refractivity contribution >= 4 is 33.2 Å². The molecule has 162 valence electrons. The van der Waals surface area contributed by atoms with Gasteiger partial charge in [-0.1, -0.05) is 36.2 Å². The highest BCUT2D eigenvalue weighted by Crippen LogP contribution is 2.24. The Morgan fingerprint density at radius 1 is 1.00 bits per heavy atom. The number of piperidine rings is 1. The van der Waals surface area contributed by atoms with Gasteiger partial charge in [-0.2, -0.15) is 4.31 Å². The molecule has 30 heavy (non-hydrogen) atoms. The summed E-state index contributed by atoms with van der Waals surface area (Å²) in [5.74, 6) is -0.208. The van der Waals surface area contributed by atoms with E-state index in [0.29, 0.717) is 23.8 Å². The van der Waals surface area contributed by atoms with E-state index < -0.39 is 16.1 Å². The van der Waals surface area contributed by atoms with Crippen molar-refractivity contribution in [2.24, 2.45) is 0 Å². The van der Waals surface area contributed by atoms with E-state index in [1.807, 2.05) is 31.2 Å². The second kappa shape index (κ2) is 9.92. The molecule has 1 heterocycles. The van der Waals surface area contributed by atoms with Crippen LogP contribution in [-0.2, 0) is 14.8 Å². The van der Waals surface area contributed by atoms with Gasteiger partial charge >= 0.3 is 0 Å². The van der Waals surface area contributed by atoms with Gasteiger partial charge in [0.25, 0.3) is 0 Å². The first-order chi connectivity index (χ1) is 14.3. The third kappa shape index (κ3) is 5.40. The van der Waals surface area contributed by atoms with Crippen LogP contribution in [-0.4, -0.2) is 37.8 Å². The van der Waals surface area contributed by atoms with E-state index in [1.165, 1.54) is 4.31 Å². The molecule has 2 atom stereocenters. The van der Waals surface area contributed by atoms with Gasteiger partial charge in [0.2, 0.25) is 15.9 Å². The van der Waals surface area contributed by atoms with E-state index in [9.17, 15) is 13.2 Å². The Balaban J connectivity index is 1.60. The molecule has 6 nitrogen and oxygen atoms in total. The molecule has 3 rings (SSSR count). The molecule has 0 spiro atoms. The minimum Gasteiger partial charge on any atom is -0.325 e. The molecular weight excluding hydrogens is 422 g/mol. The van der Waals surface area contributed by atoms with Crippen LogP contribution in [0.5, 0.6) is 0 Å². The fraction of sp³-hybridized carbons (Fsp3) is 0.409. The van der Waals surface area contributed by atoms with Gasteiger partial charge in [0.15, 0.2) is 0 Å². The second-order valence-electron chi connectivity index (χ2n) is 7.61. The zero-order valence-electron chi connectivity index (χ0n) is 17.3. The molecule has 0 saturated carbocycles. The molecule has 1 saturated heterocycles. The summed E-state index contributed by atoms with van der Waals surface area (Å²) in [6, 6.07) is 13.3. The van der Waals surface area contributed by atoms with E-state index in [1.54, 1.807) is 31.2 Å². The highest BCUT2D eigenvalue weighted by atomic mass is 35.5. The van der Waals surface area contributed by atoms with Crippen LogP contribution in [0.2, 0.25) is 5.02 Å². The van der Waals surface area contributed by atoms with E-state index in [-0.39, 0.29) is 16.8 Å². The normalized spacial score (nSPS) is 17.3. The number of carbonyl (C=O) groups excluding carboxylic acids is 1. The maximum absolute atomic E-state index is 12.7. The Hall–Kier alpha value is -1.93. The Labute approximate surface area is 183 Å². The van der Waals surface area contributed by atoms with Gasteiger partial charge in [0, 0.05) is 29.8 Å². The lowest BCUT2D eigenvalue weighted by Gasteiger charge is -2.26. The fourth-order valence-corrected chi connectivity index (χ4v) is 5.40. The lowest BCUT2D eigenvalue weighted by atomic mass is 10.1. The molecule has 0 aliphatic carbocycles. The highest BCUT2D eigenvalue weighted by molar-refractivity contribution is 7.89. The van der Waals surface area contributed by atoms with Gasteiger partial charge in [-0.05, 0) is 62.6 Å². The maximum atomic E-state index is 12.7. The summed E-state index contributed by atoms with van der Waals surface area (Å²) < 4.78 is 27.0. The van der Waals surface area contributed by atoms with Gasteiger partial charge < -0.3 is 5.32 Å². The topological polar surface area (TPSA) is 78.5 Å². The molecule has 1 aliphatic heterocycles. The predicted octanol–water partition coefficient (Wildman–Crippen LogP) is 4.19. The van der Waals surface area contributed by atoms with Crippen molar-refractivity contribution < 1.29 is 13.2 Å². The summed E-state index contributed by atoms with van der Waals surface area (Å²) in [6.07, 6.45) is 2.86. The lowest BCUT2D eigenvalue weighted by molar-refractivity contribution is -0.117. The number of nitrogens with zero attached hydrogens (tertiary/aromatic N) is 1. The fourth-order valence-electron chi connectivity index (χ4n) is 3.58. The standard InChI is InChI=1S/C22H28ClN3O3S/c1-16(20-8-4-5-9-21(20)23)24-17(2)22(27)25-18-10-12-19(13-11-18)30(28,29)26-14-6-3-7-15-26/h4-5,8-13,16-17,24H,3,6-7,14-15H2,1-2H3,(H,25,27). The molecule has 2 aromatic rings. The van der Waals surface area contributed by atoms with Gasteiger partial charge in [0.05, 0.1) is 10.9 Å². The average Bonchev–Trinajstić information content (AvgIpc) is 2.75. The summed E-state index contributed by atoms with van der Waals surface area (Å²) in [6.45, 7) is 4.85. The van der Waals surface area contributed by atoms with Crippen molar-refractivity contribution in [2.75, 3.05) is 18.4 Å². The number of anilines is 1. The molecular formula is C22H28ClN3O3S. The van der Waals surface area contributed by atoms with E-state index in [2.05, 4.69) is 10.6 Å². The minimum atomic E-state index is -3.48. The number of benzene rings is 2. The number of amides is 1. The third-order valence-electron chi connectivity index (χ3n) is 5.34. The van der Waals surface area contributed by atoms with Crippen LogP contribution in [0, 0.1) is 0 Å². The molecule has 8 heteroatoms. The van der Waals surface area contributed by atoms with Crippen molar-refractivity contribution in [3.63, 3.8) is 0 Å². The number of nitrogens with one attached hydrogen (secondary N) is 2. The van der Waals surface area contributed by atoms with Crippen molar-refractivity contribution in [1.29, 1.82) is 0 Å². The first kappa shape index (κ1) is 22.7. The SMILES string of the molecule is CC(NC(C)c1ccccc1Cl)C(=O)Nc1ccc(S(=O)(=O)N2CCCCC2)cc1. The second-order valence-corrected chi connectivity index (χ2v) is 9.96. The average molecular weight is 450 g/mol. The Morgan fingerprint density at radius 2 is 1.63 bits per heavy atom. The summed E-state index contributed by atoms with van der Waals surface area (Å²) >= 11 is 6.23. The number of rotatable bonds is 7. The van der Waals surface area contributed by atoms with E-state index in [4.69, 9.17) is 11.6 Å². The van der Waals surface area contributed by atoms with Gasteiger partial charge in [-0.25, -0.2) is 8.42 Å². The minimum absolute atomic E-state index is 0.100. The van der Waals surface area contributed by atoms with Gasteiger partial charge in [0.1, 0.15) is 0 Å². The molecule has 2 aromatic carbocycles. The van der Waals surface area contributed by atoms with Crippen molar-refractivity contribution in [3.8, 4) is 0 Å². The van der Waals surface area contributed by atoms with Gasteiger partial charge in [-0.15, -0.1) is 0 Å². The molecule has 0 aromatic heterocycles. The van der Waals surface area contributed by atoms with Crippen molar-refractivity contribution in [3.05, 3.63) is 59.1 Å². The first-order valence-electron chi connectivity index (χ1n) is 10.2. The van der Waals surface area contributed by atoms with Crippen LogP contribution in [0.3, 0.4) is 0 Å². The van der Waals surface area contributed by atoms with Crippen LogP contribution in [0.4, 0.5) is 5.69 Å². The number of halogens is 1. The number of carbonyl (C=O) groups is 1. The van der Waals surface area contributed by atoms with Crippen molar-refractivity contribution in [1.82, 2.24) is 9.62 Å². The quantitative estimate of drug-likeness (QED) is 0.664. The molecule has 1 fully saturated rings. The maximum Gasteiger partial charge on any atom is 0.243 e. The lowest BCUT2D eigenvalue weighted by Crippen LogP contribution is -2.39. The molecule has 2 unspecified atom stereocenters. The van der Waals surface area contributed by atoms with Gasteiger partial charge in [-0.3, -0.25) is 10.1 Å². The summed E-state index contributed by atoms with van der Waals surface area (Å²) in [7, 11) is -3.48. The largest absolute Gasteiger partial charge is 0.325 e. The Bertz CT molecular complexity index is 973. The van der Waals surface area contributed by atoms with E-state index >= 15 is 0 Å². The van der Waals surface area contributed by atoms with Crippen LogP contribution in [0.15, 0.2) is 53.4 Å². The molecule has 1 aliphatic rings. The Morgan fingerprint density at radius 3 is 2.27 bits per heavy atom. The molecule has 0 radical (unpaired) electrons. The highest BCUT2D eigenvalue weighted by Gasteiger charge is 2.26. The van der Waals surface area contributed by atoms with Crippen LogP contribution in [0.1, 0.15) is 44.7 Å². The predicted molar refractivity (Wildman–Crippen MR) is 120 cm³/mol. The number of hydrogen-bond donors (Lipinski definition) is 2. The summed E-state index contributed by atoms with van der Waals surface area (Å²) in [5.41, 5.74) is 1.47. The monoisotopic (exact) mass is 449 g/mol. The number of sulfonamides is 1. The molecule has 2 N–H and O–H groups in total. The third-order valence-corrected chi connectivity index (χ3v) is 7.60. The Kier molecular flexibility index (Phi) is 7.52. The van der Waals surface area contributed by atoms with Crippen LogP contribution >= 0.6 is 11.6 Å². The zero-order valence-corrected chi connectivity index (χ0v) is 18.8. The summed E-state index contributed by atoms with van der Waals surface area (Å²) in [4.78, 5) is 12.8. The smallest absolute Gasteiger partial charge is 0.243 e. The molecule has 0 bridgehead atoms. The van der Waals surface area contributed by atoms with Crippen molar-refractivity contribution in [2.45, 2.75) is 50.1 Å². The molecule has 1 amide bonds. The van der Waals surface area contributed by atoms with Crippen LogP contribution < -0.4 is 10.6 Å². The van der Waals surface area contributed by atoms with E-state index in [0.717, 1.165) is 24.8 Å². The zero-order chi connectivity index (χ0) is 21.7. The number of hydrogen-bond acceptors (Lipinski definition) is 4. The summed E-state index contributed by atoms with van der Waals surface area (Å²) in [5, 5.41) is 6.71.